The molecule has 1 aliphatic heterocycles. The molecule has 1 aliphatic rings. The second-order valence-electron chi connectivity index (χ2n) is 2.78. The molecule has 11 heavy (non-hydrogen) atoms. The molecule has 60 valence electrons. The molecule has 0 atom stereocenters. The van der Waals surface area contributed by atoms with Crippen LogP contribution in [0.4, 0.5) is 0 Å². The lowest BCUT2D eigenvalue weighted by atomic mass is 9.54. The van der Waals surface area contributed by atoms with Crippen LogP contribution in [-0.2, 0) is 0 Å². The fourth-order valence-corrected chi connectivity index (χ4v) is 1.85. The fourth-order valence-electron chi connectivity index (χ4n) is 1.21. The molecule has 0 spiro atoms. The van der Waals surface area contributed by atoms with Gasteiger partial charge in [-0.15, -0.1) is 15.8 Å². The third-order valence-corrected chi connectivity index (χ3v) is 2.44. The van der Waals surface area contributed by atoms with E-state index in [-0.39, 0.29) is 5.81 Å². The molecule has 1 saturated heterocycles. The minimum Gasteiger partial charge on any atom is -0.371 e. The number of rotatable bonds is 2. The van der Waals surface area contributed by atoms with Crippen LogP contribution in [0, 0.1) is 0 Å². The highest BCUT2D eigenvalue weighted by Crippen LogP contribution is 1.97. The third kappa shape index (κ3) is 2.82. The Morgan fingerprint density at radius 3 is 1.82 bits per heavy atom. The summed E-state index contributed by atoms with van der Waals surface area (Å²) in [6, 6.07) is 0. The maximum absolute atomic E-state index is 3.49. The first-order valence-electron chi connectivity index (χ1n) is 4.18. The molecule has 0 bridgehead atoms. The summed E-state index contributed by atoms with van der Waals surface area (Å²) in [4.78, 5) is 0. The second-order valence-corrected chi connectivity index (χ2v) is 3.70. The van der Waals surface area contributed by atoms with Crippen molar-refractivity contribution in [3.8, 4) is 0 Å². The Morgan fingerprint density at radius 2 is 1.45 bits per heavy atom. The summed E-state index contributed by atoms with van der Waals surface area (Å²) in [7, 11) is 0. The van der Waals surface area contributed by atoms with E-state index in [0.29, 0.717) is 14.0 Å². The van der Waals surface area contributed by atoms with Crippen LogP contribution in [0.3, 0.4) is 0 Å². The van der Waals surface area contributed by atoms with Crippen LogP contribution < -0.4 is 15.4 Å². The molecule has 0 aromatic rings. The van der Waals surface area contributed by atoms with E-state index in [4.69, 9.17) is 0 Å². The van der Waals surface area contributed by atoms with Gasteiger partial charge in [0.2, 0.25) is 0 Å². The molecular weight excluding hydrogens is 202 g/mol. The van der Waals surface area contributed by atoms with Gasteiger partial charge in [0, 0.05) is 0 Å². The average molecular weight is 216 g/mol. The molecule has 1 heterocycles. The van der Waals surface area contributed by atoms with Crippen molar-refractivity contribution in [1.29, 1.82) is 0 Å². The van der Waals surface area contributed by atoms with Crippen LogP contribution >= 0.6 is 15.8 Å². The van der Waals surface area contributed by atoms with Gasteiger partial charge in [0.1, 0.15) is 0 Å². The SMILES string of the molecule is CCB1NB(Br)NB(CC)N1. The summed E-state index contributed by atoms with van der Waals surface area (Å²) in [5, 5.41) is 10.1. The molecular formula is C4H13B3BrN3. The van der Waals surface area contributed by atoms with E-state index in [9.17, 15) is 0 Å². The van der Waals surface area contributed by atoms with Crippen LogP contribution in [0.5, 0.6) is 0 Å². The minimum atomic E-state index is 0.249. The second kappa shape index (κ2) is 4.55. The van der Waals surface area contributed by atoms with Gasteiger partial charge in [-0.05, 0) is 12.6 Å². The summed E-state index contributed by atoms with van der Waals surface area (Å²) in [6.07, 6.45) is 2.22. The van der Waals surface area contributed by atoms with Crippen molar-refractivity contribution in [2.45, 2.75) is 26.5 Å². The standard InChI is InChI=1S/C4H13B3BrN3/c1-3-5-9-6(4-2)11-7(8)10-5/h9-11H,3-4H2,1-2H3. The molecule has 3 N–H and O–H groups in total. The van der Waals surface area contributed by atoms with Gasteiger partial charge in [0.25, 0.3) is 14.0 Å². The van der Waals surface area contributed by atoms with Crippen molar-refractivity contribution in [1.82, 2.24) is 15.4 Å². The van der Waals surface area contributed by atoms with Crippen LogP contribution in [0.15, 0.2) is 0 Å². The summed E-state index contributed by atoms with van der Waals surface area (Å²) in [5.41, 5.74) is 0. The van der Waals surface area contributed by atoms with Crippen molar-refractivity contribution >= 4 is 35.5 Å². The van der Waals surface area contributed by atoms with Gasteiger partial charge in [0.15, 0.2) is 0 Å². The molecule has 0 amide bonds. The molecule has 1 fully saturated rings. The number of hydrogen-bond acceptors (Lipinski definition) is 3. The molecule has 0 aromatic carbocycles. The van der Waals surface area contributed by atoms with Crippen molar-refractivity contribution in [2.24, 2.45) is 0 Å². The van der Waals surface area contributed by atoms with E-state index in [1.54, 1.807) is 0 Å². The molecule has 0 aliphatic carbocycles. The summed E-state index contributed by atoms with van der Waals surface area (Å²) in [6.45, 7) is 5.21. The first-order chi connectivity index (χ1) is 5.26. The normalized spacial score (nSPS) is 19.4. The van der Waals surface area contributed by atoms with Gasteiger partial charge in [-0.2, -0.15) is 0 Å². The van der Waals surface area contributed by atoms with Crippen molar-refractivity contribution in [3.63, 3.8) is 0 Å². The van der Waals surface area contributed by atoms with Gasteiger partial charge in [-0.1, -0.05) is 13.8 Å². The van der Waals surface area contributed by atoms with Crippen LogP contribution in [-0.4, -0.2) is 19.8 Å². The molecule has 1 rings (SSSR count). The molecule has 3 nitrogen and oxygen atoms in total. The Bertz CT molecular complexity index is 115. The van der Waals surface area contributed by atoms with Crippen molar-refractivity contribution in [3.05, 3.63) is 0 Å². The van der Waals surface area contributed by atoms with E-state index in [1.807, 2.05) is 0 Å². The number of halogens is 1. The van der Waals surface area contributed by atoms with Crippen molar-refractivity contribution < 1.29 is 0 Å². The predicted molar refractivity (Wildman–Crippen MR) is 56.6 cm³/mol. The van der Waals surface area contributed by atoms with Crippen LogP contribution in [0.1, 0.15) is 13.8 Å². The van der Waals surface area contributed by atoms with E-state index < -0.39 is 0 Å². The molecule has 7 heteroatoms. The third-order valence-electron chi connectivity index (χ3n) is 1.91. The van der Waals surface area contributed by atoms with Gasteiger partial charge < -0.3 is 15.4 Å². The molecule has 0 saturated carbocycles. The topological polar surface area (TPSA) is 36.1 Å². The Hall–Kier alpha value is 0.555. The van der Waals surface area contributed by atoms with E-state index >= 15 is 0 Å². The molecule has 0 unspecified atom stereocenters. The minimum absolute atomic E-state index is 0.249. The first-order valence-corrected chi connectivity index (χ1v) is 5.10. The Morgan fingerprint density at radius 1 is 1.00 bits per heavy atom. The monoisotopic (exact) mass is 215 g/mol. The zero-order chi connectivity index (χ0) is 8.27. The first kappa shape index (κ1) is 9.64. The number of nitrogens with one attached hydrogen (secondary N) is 3. The van der Waals surface area contributed by atoms with Crippen molar-refractivity contribution in [2.75, 3.05) is 0 Å². The maximum Gasteiger partial charge on any atom is 0.364 e. The Labute approximate surface area is 77.8 Å². The fraction of sp³-hybridized carbons (Fsp3) is 1.00. The molecule has 0 radical (unpaired) electrons. The lowest BCUT2D eigenvalue weighted by Crippen LogP contribution is -2.72. The van der Waals surface area contributed by atoms with Gasteiger partial charge in [-0.3, -0.25) is 0 Å². The van der Waals surface area contributed by atoms with E-state index in [0.717, 1.165) is 12.6 Å². The van der Waals surface area contributed by atoms with Crippen LogP contribution in [0.25, 0.3) is 0 Å². The molecule has 0 aromatic heterocycles. The lowest BCUT2D eigenvalue weighted by Gasteiger charge is -2.29. The zero-order valence-corrected chi connectivity index (χ0v) is 8.61. The Kier molecular flexibility index (Phi) is 3.99. The summed E-state index contributed by atoms with van der Waals surface area (Å²) >= 11 is 3.49. The van der Waals surface area contributed by atoms with Gasteiger partial charge >= 0.3 is 5.81 Å². The highest BCUT2D eigenvalue weighted by molar-refractivity contribution is 9.24. The van der Waals surface area contributed by atoms with E-state index in [1.165, 1.54) is 0 Å². The smallest absolute Gasteiger partial charge is 0.364 e. The lowest BCUT2D eigenvalue weighted by molar-refractivity contribution is 1.11. The highest BCUT2D eigenvalue weighted by atomic mass is 79.9. The highest BCUT2D eigenvalue weighted by Gasteiger charge is 2.30. The van der Waals surface area contributed by atoms with Crippen LogP contribution in [0.2, 0.25) is 12.6 Å². The predicted octanol–water partition coefficient (Wildman–Crippen LogP) is 0.165. The Balaban J connectivity index is 2.37. The van der Waals surface area contributed by atoms with Gasteiger partial charge in [-0.25, -0.2) is 0 Å². The maximum atomic E-state index is 3.49. The summed E-state index contributed by atoms with van der Waals surface area (Å²) in [5.74, 6) is 0.249. The van der Waals surface area contributed by atoms with Gasteiger partial charge in [0.05, 0.1) is 0 Å². The average Bonchev–Trinajstić information content (AvgIpc) is 2.03. The zero-order valence-electron chi connectivity index (χ0n) is 7.02. The largest absolute Gasteiger partial charge is 0.371 e. The summed E-state index contributed by atoms with van der Waals surface area (Å²) < 4.78 is 0. The number of hydrogen-bond donors (Lipinski definition) is 3. The quantitative estimate of drug-likeness (QED) is 0.575. The van der Waals surface area contributed by atoms with E-state index in [2.05, 4.69) is 45.0 Å².